The van der Waals surface area contributed by atoms with Crippen LogP contribution in [0.25, 0.3) is 0 Å². The number of rotatable bonds is 3. The van der Waals surface area contributed by atoms with Crippen molar-refractivity contribution in [3.63, 3.8) is 0 Å². The highest BCUT2D eigenvalue weighted by Gasteiger charge is 2.50. The van der Waals surface area contributed by atoms with Gasteiger partial charge >= 0.3 is 0 Å². The van der Waals surface area contributed by atoms with E-state index in [9.17, 15) is 5.11 Å². The Hall–Kier alpha value is -1.26. The molecule has 3 aliphatic carbocycles. The molecule has 0 bridgehead atoms. The molecule has 0 spiro atoms. The van der Waals surface area contributed by atoms with Crippen LogP contribution in [0.2, 0.25) is 0 Å². The van der Waals surface area contributed by atoms with Gasteiger partial charge in [-0.1, -0.05) is 19.9 Å². The highest BCUT2D eigenvalue weighted by Crippen LogP contribution is 2.56. The molecule has 0 radical (unpaired) electrons. The number of hydrogen-bond acceptors (Lipinski definition) is 4. The van der Waals surface area contributed by atoms with Crippen LogP contribution in [0.4, 0.5) is 0 Å². The lowest BCUT2D eigenvalue weighted by Crippen LogP contribution is -2.42. The smallest absolute Gasteiger partial charge is 0.165 e. The van der Waals surface area contributed by atoms with Gasteiger partial charge in [-0.05, 0) is 75.6 Å². The van der Waals surface area contributed by atoms with Crippen molar-refractivity contribution in [2.75, 3.05) is 20.7 Å². The molecule has 2 N–H and O–H groups in total. The number of aryl methyl sites for hydroxylation is 1. The van der Waals surface area contributed by atoms with E-state index in [0.717, 1.165) is 36.7 Å². The van der Waals surface area contributed by atoms with Gasteiger partial charge in [0.2, 0.25) is 0 Å². The average molecular weight is 362 g/mol. The highest BCUT2D eigenvalue weighted by molar-refractivity contribution is 5.57. The summed E-state index contributed by atoms with van der Waals surface area (Å²) in [6, 6.07) is 4.17. The van der Waals surface area contributed by atoms with Crippen molar-refractivity contribution in [3.05, 3.63) is 23.3 Å². The maximum Gasteiger partial charge on any atom is 0.165 e. The zero-order valence-corrected chi connectivity index (χ0v) is 16.8. The van der Waals surface area contributed by atoms with E-state index in [1.165, 1.54) is 36.9 Å². The van der Waals surface area contributed by atoms with Crippen LogP contribution in [-0.2, 0) is 6.42 Å². The standard InChI is InChI=1S/C15H18O3.C5H11N.C2H6/c1-17-11-7-5-9-3-2-8-4-6-10(16)14-12(8)13(9)15(11)18-14;1-6-4-5-2-3-5;1-2/h5,7-8,10,12,14,16H,2-4,6H2,1H3;5-6H,2-4H2,1H3;1-2H3. The Morgan fingerprint density at radius 3 is 2.54 bits per heavy atom. The quantitative estimate of drug-likeness (QED) is 0.857. The van der Waals surface area contributed by atoms with E-state index >= 15 is 0 Å². The van der Waals surface area contributed by atoms with Crippen molar-refractivity contribution in [3.8, 4) is 11.5 Å². The molecule has 146 valence electrons. The summed E-state index contributed by atoms with van der Waals surface area (Å²) in [6.45, 7) is 5.24. The predicted molar refractivity (Wildman–Crippen MR) is 105 cm³/mol. The van der Waals surface area contributed by atoms with E-state index in [2.05, 4.69) is 11.4 Å². The van der Waals surface area contributed by atoms with Crippen LogP contribution in [-0.4, -0.2) is 38.0 Å². The second kappa shape index (κ2) is 8.62. The van der Waals surface area contributed by atoms with Gasteiger partial charge in [0.05, 0.1) is 13.2 Å². The summed E-state index contributed by atoms with van der Waals surface area (Å²) in [5.41, 5.74) is 2.72. The molecule has 2 fully saturated rings. The van der Waals surface area contributed by atoms with Crippen molar-refractivity contribution in [1.82, 2.24) is 5.32 Å². The third kappa shape index (κ3) is 3.72. The number of ether oxygens (including phenoxy) is 2. The Labute approximate surface area is 158 Å². The fourth-order valence-corrected chi connectivity index (χ4v) is 4.69. The second-order valence-electron chi connectivity index (χ2n) is 7.72. The summed E-state index contributed by atoms with van der Waals surface area (Å²) in [5, 5.41) is 13.3. The van der Waals surface area contributed by atoms with Gasteiger partial charge in [0.1, 0.15) is 6.10 Å². The molecular weight excluding hydrogens is 326 g/mol. The maximum absolute atomic E-state index is 10.2. The summed E-state index contributed by atoms with van der Waals surface area (Å²) < 4.78 is 11.5. The SMILES string of the molecule is CC.CNCC1CC1.COc1ccc2c3c1OC1C(O)CCC(CC2)C31. The summed E-state index contributed by atoms with van der Waals surface area (Å²) in [5.74, 6) is 3.82. The molecule has 1 aromatic rings. The van der Waals surface area contributed by atoms with Gasteiger partial charge in [-0.2, -0.15) is 0 Å². The maximum atomic E-state index is 10.2. The molecule has 4 aliphatic rings. The van der Waals surface area contributed by atoms with Crippen LogP contribution < -0.4 is 14.8 Å². The molecule has 4 atom stereocenters. The summed E-state index contributed by atoms with van der Waals surface area (Å²) in [7, 11) is 3.69. The Morgan fingerprint density at radius 1 is 1.15 bits per heavy atom. The van der Waals surface area contributed by atoms with E-state index in [4.69, 9.17) is 9.47 Å². The topological polar surface area (TPSA) is 50.7 Å². The zero-order chi connectivity index (χ0) is 18.7. The lowest BCUT2D eigenvalue weighted by molar-refractivity contribution is -0.0131. The van der Waals surface area contributed by atoms with E-state index in [0.29, 0.717) is 11.8 Å². The van der Waals surface area contributed by atoms with Crippen molar-refractivity contribution in [1.29, 1.82) is 0 Å². The van der Waals surface area contributed by atoms with Crippen molar-refractivity contribution in [2.24, 2.45) is 11.8 Å². The zero-order valence-electron chi connectivity index (χ0n) is 16.8. The summed E-state index contributed by atoms with van der Waals surface area (Å²) >= 11 is 0. The number of hydrogen-bond donors (Lipinski definition) is 2. The van der Waals surface area contributed by atoms with Crippen molar-refractivity contribution >= 4 is 0 Å². The van der Waals surface area contributed by atoms with Crippen molar-refractivity contribution < 1.29 is 14.6 Å². The lowest BCUT2D eigenvalue weighted by atomic mass is 9.67. The van der Waals surface area contributed by atoms with Crippen molar-refractivity contribution in [2.45, 2.75) is 70.5 Å². The average Bonchev–Trinajstić information content (AvgIpc) is 3.41. The normalized spacial score (nSPS) is 30.0. The van der Waals surface area contributed by atoms with Gasteiger partial charge in [0, 0.05) is 11.5 Å². The minimum atomic E-state index is -0.325. The molecule has 0 aromatic heterocycles. The van der Waals surface area contributed by atoms with E-state index in [1.54, 1.807) is 7.11 Å². The van der Waals surface area contributed by atoms with Crippen LogP contribution >= 0.6 is 0 Å². The Morgan fingerprint density at radius 2 is 1.92 bits per heavy atom. The van der Waals surface area contributed by atoms with Gasteiger partial charge in [-0.3, -0.25) is 0 Å². The Bertz CT molecular complexity index is 599. The molecule has 1 aliphatic heterocycles. The van der Waals surface area contributed by atoms with Crippen LogP contribution in [0.3, 0.4) is 0 Å². The molecule has 0 amide bonds. The van der Waals surface area contributed by atoms with Crippen LogP contribution in [0.15, 0.2) is 12.1 Å². The molecular formula is C22H35NO3. The molecule has 4 unspecified atom stereocenters. The Kier molecular flexibility index (Phi) is 6.46. The monoisotopic (exact) mass is 361 g/mol. The first-order valence-corrected chi connectivity index (χ1v) is 10.4. The Balaban J connectivity index is 0.000000208. The molecule has 1 heterocycles. The molecule has 1 aromatic carbocycles. The largest absolute Gasteiger partial charge is 0.493 e. The first-order valence-electron chi connectivity index (χ1n) is 10.4. The van der Waals surface area contributed by atoms with Gasteiger partial charge in [0.25, 0.3) is 0 Å². The second-order valence-corrected chi connectivity index (χ2v) is 7.72. The van der Waals surface area contributed by atoms with Gasteiger partial charge in [-0.15, -0.1) is 0 Å². The van der Waals surface area contributed by atoms with E-state index in [1.807, 2.05) is 27.0 Å². The fourth-order valence-electron chi connectivity index (χ4n) is 4.69. The predicted octanol–water partition coefficient (Wildman–Crippen LogP) is 3.90. The fraction of sp³-hybridized carbons (Fsp3) is 0.727. The van der Waals surface area contributed by atoms with Crippen LogP contribution in [0.1, 0.15) is 63.0 Å². The minimum absolute atomic E-state index is 0.0471. The number of aliphatic hydroxyl groups excluding tert-OH is 1. The molecule has 5 rings (SSSR count). The number of nitrogens with one attached hydrogen (secondary N) is 1. The third-order valence-electron chi connectivity index (χ3n) is 6.11. The number of methoxy groups -OCH3 is 1. The van der Waals surface area contributed by atoms with Gasteiger partial charge in [0.15, 0.2) is 11.5 Å². The molecule has 4 nitrogen and oxygen atoms in total. The van der Waals surface area contributed by atoms with Gasteiger partial charge in [-0.25, -0.2) is 0 Å². The molecule has 26 heavy (non-hydrogen) atoms. The molecule has 4 heteroatoms. The third-order valence-corrected chi connectivity index (χ3v) is 6.11. The first kappa shape index (κ1) is 19.5. The number of benzene rings is 1. The molecule has 0 saturated heterocycles. The molecule has 2 saturated carbocycles. The first-order chi connectivity index (χ1) is 12.7. The highest BCUT2D eigenvalue weighted by atomic mass is 16.5. The number of aliphatic hydroxyl groups is 1. The van der Waals surface area contributed by atoms with Gasteiger partial charge < -0.3 is 19.9 Å². The summed E-state index contributed by atoms with van der Waals surface area (Å²) in [6.07, 6.45) is 6.92. The van der Waals surface area contributed by atoms with E-state index < -0.39 is 0 Å². The minimum Gasteiger partial charge on any atom is -0.493 e. The van der Waals surface area contributed by atoms with Crippen LogP contribution in [0, 0.1) is 11.8 Å². The lowest BCUT2D eigenvalue weighted by Gasteiger charge is -2.38. The summed E-state index contributed by atoms with van der Waals surface area (Å²) in [4.78, 5) is 0. The van der Waals surface area contributed by atoms with E-state index in [-0.39, 0.29) is 12.2 Å². The van der Waals surface area contributed by atoms with Crippen LogP contribution in [0.5, 0.6) is 11.5 Å².